The van der Waals surface area contributed by atoms with Gasteiger partial charge >= 0.3 is 6.09 Å². The van der Waals surface area contributed by atoms with Crippen LogP contribution in [0.4, 0.5) is 4.79 Å². The van der Waals surface area contributed by atoms with E-state index in [1.807, 2.05) is 0 Å². The van der Waals surface area contributed by atoms with Crippen LogP contribution in [0, 0.1) is 0 Å². The Kier molecular flexibility index (Phi) is 2.65. The largest absolute Gasteiger partial charge is 0.453 e. The summed E-state index contributed by atoms with van der Waals surface area (Å²) in [5, 5.41) is 0. The van der Waals surface area contributed by atoms with Crippen molar-refractivity contribution in [3.8, 4) is 0 Å². The molecule has 1 aliphatic heterocycles. The van der Waals surface area contributed by atoms with Crippen LogP contribution in [0.2, 0.25) is 0 Å². The van der Waals surface area contributed by atoms with Crippen molar-refractivity contribution in [1.29, 1.82) is 0 Å². The molecule has 1 atom stereocenters. The Morgan fingerprint density at radius 2 is 2.42 bits per heavy atom. The first-order chi connectivity index (χ1) is 5.65. The minimum Gasteiger partial charge on any atom is -0.453 e. The number of nitrogens with two attached hydrogens (primary N) is 1. The number of ether oxygens (including phenoxy) is 1. The number of carbonyl (C=O) groups excluding carboxylic acids is 2. The summed E-state index contributed by atoms with van der Waals surface area (Å²) in [5.74, 6) is 0.00940. The summed E-state index contributed by atoms with van der Waals surface area (Å²) in [6.07, 6.45) is -0.0889. The molecule has 1 aliphatic rings. The fraction of sp³-hybridized carbons (Fsp3) is 0.714. The molecule has 0 bridgehead atoms. The van der Waals surface area contributed by atoms with Gasteiger partial charge in [0.2, 0.25) is 0 Å². The van der Waals surface area contributed by atoms with Gasteiger partial charge < -0.3 is 15.4 Å². The normalized spacial score (nSPS) is 24.0. The fourth-order valence-corrected chi connectivity index (χ4v) is 1.16. The number of methoxy groups -OCH3 is 1. The lowest BCUT2D eigenvalue weighted by atomic mass is 10.1. The smallest absolute Gasteiger partial charge is 0.409 e. The maximum atomic E-state index is 11.0. The van der Waals surface area contributed by atoms with Crippen molar-refractivity contribution in [2.45, 2.75) is 12.5 Å². The van der Waals surface area contributed by atoms with E-state index in [1.54, 1.807) is 0 Å². The minimum absolute atomic E-state index is 0.00940. The molecule has 5 heteroatoms. The van der Waals surface area contributed by atoms with Crippen LogP contribution < -0.4 is 5.73 Å². The van der Waals surface area contributed by atoms with Crippen molar-refractivity contribution in [1.82, 2.24) is 4.90 Å². The number of carbonyl (C=O) groups is 2. The fourth-order valence-electron chi connectivity index (χ4n) is 1.16. The van der Waals surface area contributed by atoms with E-state index < -0.39 is 12.1 Å². The monoisotopic (exact) mass is 172 g/mol. The highest BCUT2D eigenvalue weighted by Gasteiger charge is 2.27. The molecule has 0 saturated carbocycles. The highest BCUT2D eigenvalue weighted by atomic mass is 16.5. The molecule has 0 aromatic carbocycles. The molecule has 1 amide bonds. The summed E-state index contributed by atoms with van der Waals surface area (Å²) in [4.78, 5) is 23.3. The van der Waals surface area contributed by atoms with Crippen LogP contribution in [-0.4, -0.2) is 43.0 Å². The van der Waals surface area contributed by atoms with E-state index in [-0.39, 0.29) is 12.3 Å². The van der Waals surface area contributed by atoms with Gasteiger partial charge in [0.05, 0.1) is 13.2 Å². The second kappa shape index (κ2) is 3.53. The van der Waals surface area contributed by atoms with Crippen LogP contribution >= 0.6 is 0 Å². The minimum atomic E-state index is -0.544. The summed E-state index contributed by atoms with van der Waals surface area (Å²) >= 11 is 0. The Morgan fingerprint density at radius 3 is 2.92 bits per heavy atom. The molecule has 1 saturated heterocycles. The van der Waals surface area contributed by atoms with Gasteiger partial charge in [-0.15, -0.1) is 0 Å². The Morgan fingerprint density at radius 1 is 1.75 bits per heavy atom. The van der Waals surface area contributed by atoms with Gasteiger partial charge in [-0.2, -0.15) is 0 Å². The molecule has 2 N–H and O–H groups in total. The molecule has 68 valence electrons. The molecule has 0 aliphatic carbocycles. The lowest BCUT2D eigenvalue weighted by Crippen LogP contribution is -2.50. The standard InChI is InChI=1S/C7H12N2O3/c1-12-7(11)9-3-2-6(10)5(8)4-9/h5H,2-4,8H2,1H3. The average molecular weight is 172 g/mol. The number of piperidine rings is 1. The zero-order valence-electron chi connectivity index (χ0n) is 6.95. The highest BCUT2D eigenvalue weighted by molar-refractivity contribution is 5.86. The summed E-state index contributed by atoms with van der Waals surface area (Å²) in [5.41, 5.74) is 5.46. The van der Waals surface area contributed by atoms with E-state index in [4.69, 9.17) is 5.73 Å². The predicted molar refractivity (Wildman–Crippen MR) is 41.6 cm³/mol. The summed E-state index contributed by atoms with van der Waals surface area (Å²) in [6, 6.07) is -0.544. The lowest BCUT2D eigenvalue weighted by molar-refractivity contribution is -0.122. The van der Waals surface area contributed by atoms with E-state index in [0.29, 0.717) is 13.0 Å². The van der Waals surface area contributed by atoms with Gasteiger partial charge in [0.25, 0.3) is 0 Å². The first kappa shape index (κ1) is 8.99. The number of ketones is 1. The Hall–Kier alpha value is -1.10. The molecule has 1 fully saturated rings. The number of amides is 1. The molecular formula is C7H12N2O3. The van der Waals surface area contributed by atoms with Crippen LogP contribution in [0.5, 0.6) is 0 Å². The quantitative estimate of drug-likeness (QED) is 0.527. The third-order valence-corrected chi connectivity index (χ3v) is 1.89. The number of Topliss-reactive ketones (excluding diaryl/α,β-unsaturated/α-hetero) is 1. The second-order valence-electron chi connectivity index (χ2n) is 2.74. The van der Waals surface area contributed by atoms with Gasteiger partial charge in [0.1, 0.15) is 0 Å². The van der Waals surface area contributed by atoms with Crippen LogP contribution in [0.15, 0.2) is 0 Å². The van der Waals surface area contributed by atoms with Gasteiger partial charge in [-0.05, 0) is 0 Å². The summed E-state index contributed by atoms with van der Waals surface area (Å²) in [6.45, 7) is 0.685. The van der Waals surface area contributed by atoms with Gasteiger partial charge in [-0.3, -0.25) is 4.79 Å². The highest BCUT2D eigenvalue weighted by Crippen LogP contribution is 2.05. The van der Waals surface area contributed by atoms with Crippen molar-refractivity contribution in [3.63, 3.8) is 0 Å². The first-order valence-corrected chi connectivity index (χ1v) is 3.76. The second-order valence-corrected chi connectivity index (χ2v) is 2.74. The molecule has 1 unspecified atom stereocenters. The number of rotatable bonds is 0. The molecule has 5 nitrogen and oxygen atoms in total. The summed E-state index contributed by atoms with van der Waals surface area (Å²) in [7, 11) is 1.31. The zero-order valence-corrected chi connectivity index (χ0v) is 6.95. The van der Waals surface area contributed by atoms with E-state index in [0.717, 1.165) is 0 Å². The lowest BCUT2D eigenvalue weighted by Gasteiger charge is -2.28. The summed E-state index contributed by atoms with van der Waals surface area (Å²) < 4.78 is 4.49. The average Bonchev–Trinajstić information content (AvgIpc) is 2.08. The van der Waals surface area contributed by atoms with E-state index in [9.17, 15) is 9.59 Å². The molecule has 1 rings (SSSR count). The van der Waals surface area contributed by atoms with Crippen molar-refractivity contribution < 1.29 is 14.3 Å². The van der Waals surface area contributed by atoms with Gasteiger partial charge in [0, 0.05) is 19.5 Å². The number of nitrogens with zero attached hydrogens (tertiary/aromatic N) is 1. The third kappa shape index (κ3) is 1.73. The Balaban J connectivity index is 2.50. The number of hydrogen-bond acceptors (Lipinski definition) is 4. The van der Waals surface area contributed by atoms with Crippen molar-refractivity contribution in [3.05, 3.63) is 0 Å². The zero-order chi connectivity index (χ0) is 9.14. The Labute approximate surface area is 70.5 Å². The van der Waals surface area contributed by atoms with Gasteiger partial charge in [0.15, 0.2) is 5.78 Å². The molecule has 0 spiro atoms. The van der Waals surface area contributed by atoms with Crippen molar-refractivity contribution >= 4 is 11.9 Å². The molecule has 1 heterocycles. The topological polar surface area (TPSA) is 72.6 Å². The van der Waals surface area contributed by atoms with Crippen molar-refractivity contribution in [2.24, 2.45) is 5.73 Å². The molecule has 0 aromatic heterocycles. The van der Waals surface area contributed by atoms with Gasteiger partial charge in [-0.1, -0.05) is 0 Å². The maximum Gasteiger partial charge on any atom is 0.409 e. The van der Waals surface area contributed by atoms with Gasteiger partial charge in [-0.25, -0.2) is 4.79 Å². The third-order valence-electron chi connectivity index (χ3n) is 1.89. The predicted octanol–water partition coefficient (Wildman–Crippen LogP) is -0.645. The Bertz CT molecular complexity index is 205. The molecule has 0 radical (unpaired) electrons. The van der Waals surface area contributed by atoms with E-state index in [1.165, 1.54) is 12.0 Å². The van der Waals surface area contributed by atoms with Crippen molar-refractivity contribution in [2.75, 3.05) is 20.2 Å². The van der Waals surface area contributed by atoms with Crippen LogP contribution in [0.3, 0.4) is 0 Å². The van der Waals surface area contributed by atoms with E-state index in [2.05, 4.69) is 4.74 Å². The maximum absolute atomic E-state index is 11.0. The van der Waals surface area contributed by atoms with Crippen LogP contribution in [0.25, 0.3) is 0 Å². The first-order valence-electron chi connectivity index (χ1n) is 3.76. The SMILES string of the molecule is COC(=O)N1CCC(=O)C(N)C1. The number of likely N-dealkylation sites (tertiary alicyclic amines) is 1. The molecular weight excluding hydrogens is 160 g/mol. The molecule has 12 heavy (non-hydrogen) atoms. The molecule has 0 aromatic rings. The van der Waals surface area contributed by atoms with Crippen LogP contribution in [0.1, 0.15) is 6.42 Å². The number of hydrogen-bond donors (Lipinski definition) is 1. The van der Waals surface area contributed by atoms with Crippen LogP contribution in [-0.2, 0) is 9.53 Å². The van der Waals surface area contributed by atoms with E-state index >= 15 is 0 Å².